The van der Waals surface area contributed by atoms with Gasteiger partial charge >= 0.3 is 0 Å². The molecule has 4 heterocycles. The number of ether oxygens (including phenoxy) is 1. The highest BCUT2D eigenvalue weighted by Gasteiger charge is 2.23. The Bertz CT molecular complexity index is 1230. The highest BCUT2D eigenvalue weighted by atomic mass is 16.5. The Morgan fingerprint density at radius 2 is 1.86 bits per heavy atom. The maximum Gasteiger partial charge on any atom is 0.161 e. The summed E-state index contributed by atoms with van der Waals surface area (Å²) in [5.74, 6) is 1.58. The first-order chi connectivity index (χ1) is 13.7. The fraction of sp³-hybridized carbons (Fsp3) is 0.182. The molecular formula is C22H19N5O. The van der Waals surface area contributed by atoms with Gasteiger partial charge in [0.15, 0.2) is 11.5 Å². The van der Waals surface area contributed by atoms with Gasteiger partial charge in [-0.2, -0.15) is 0 Å². The zero-order valence-electron chi connectivity index (χ0n) is 15.9. The van der Waals surface area contributed by atoms with Crippen LogP contribution in [0.2, 0.25) is 0 Å². The monoisotopic (exact) mass is 369 g/mol. The number of hydrogen-bond donors (Lipinski definition) is 1. The summed E-state index contributed by atoms with van der Waals surface area (Å²) in [7, 11) is 1.69. The van der Waals surface area contributed by atoms with E-state index < -0.39 is 0 Å². The summed E-state index contributed by atoms with van der Waals surface area (Å²) in [6, 6.07) is 7.91. The number of rotatable bonds is 2. The number of methoxy groups -OCH3 is 1. The van der Waals surface area contributed by atoms with Crippen molar-refractivity contribution in [2.75, 3.05) is 7.11 Å². The van der Waals surface area contributed by atoms with Gasteiger partial charge < -0.3 is 10.1 Å². The van der Waals surface area contributed by atoms with Crippen molar-refractivity contribution in [3.8, 4) is 28.5 Å². The minimum Gasteiger partial charge on any atom is -0.496 e. The molecule has 6 heteroatoms. The fourth-order valence-electron chi connectivity index (χ4n) is 3.70. The number of benzene rings is 1. The zero-order chi connectivity index (χ0) is 19.3. The van der Waals surface area contributed by atoms with Crippen molar-refractivity contribution in [3.63, 3.8) is 0 Å². The van der Waals surface area contributed by atoms with Crippen LogP contribution in [0.25, 0.3) is 39.9 Å². The van der Waals surface area contributed by atoms with Crippen molar-refractivity contribution in [2.24, 2.45) is 0 Å². The molecule has 5 rings (SSSR count). The Balaban J connectivity index is 1.85. The van der Waals surface area contributed by atoms with Crippen molar-refractivity contribution >= 4 is 17.1 Å². The molecule has 0 fully saturated rings. The fourth-order valence-corrected chi connectivity index (χ4v) is 3.70. The minimum atomic E-state index is 0.643. The lowest BCUT2D eigenvalue weighted by atomic mass is 10.0. The largest absolute Gasteiger partial charge is 0.496 e. The predicted molar refractivity (Wildman–Crippen MR) is 109 cm³/mol. The predicted octanol–water partition coefficient (Wildman–Crippen LogP) is 3.89. The molecule has 6 nitrogen and oxygen atoms in total. The Hall–Kier alpha value is -3.54. The van der Waals surface area contributed by atoms with Crippen LogP contribution in [-0.4, -0.2) is 27.0 Å². The molecular weight excluding hydrogens is 350 g/mol. The number of imidazole rings is 1. The highest BCUT2D eigenvalue weighted by molar-refractivity contribution is 5.94. The first-order valence-corrected chi connectivity index (χ1v) is 9.17. The van der Waals surface area contributed by atoms with Crippen LogP contribution in [0.15, 0.2) is 36.7 Å². The molecule has 3 aliphatic rings. The highest BCUT2D eigenvalue weighted by Crippen LogP contribution is 2.36. The molecule has 0 radical (unpaired) electrons. The van der Waals surface area contributed by atoms with Crippen LogP contribution in [0.3, 0.4) is 0 Å². The third-order valence-corrected chi connectivity index (χ3v) is 5.34. The average Bonchev–Trinajstić information content (AvgIpc) is 3.10. The lowest BCUT2D eigenvalue weighted by Crippen LogP contribution is -2.11. The van der Waals surface area contributed by atoms with Crippen LogP contribution < -0.4 is 10.1 Å². The molecule has 0 bridgehead atoms. The molecule has 0 aliphatic carbocycles. The smallest absolute Gasteiger partial charge is 0.161 e. The van der Waals surface area contributed by atoms with Crippen LogP contribution in [-0.2, 0) is 6.54 Å². The van der Waals surface area contributed by atoms with Crippen molar-refractivity contribution in [3.05, 3.63) is 59.0 Å². The minimum absolute atomic E-state index is 0.643. The molecule has 0 saturated carbocycles. The Morgan fingerprint density at radius 3 is 2.71 bits per heavy atom. The summed E-state index contributed by atoms with van der Waals surface area (Å²) >= 11 is 0. The van der Waals surface area contributed by atoms with Crippen LogP contribution in [0.5, 0.6) is 5.75 Å². The SMILES string of the molecule is COc1ccc(-c2nc3c4c(nc5ncccc5c-3n2)CNC=C4)c(C)c1C. The number of nitrogens with one attached hydrogen (secondary N) is 1. The third-order valence-electron chi connectivity index (χ3n) is 5.34. The molecule has 1 aromatic heterocycles. The molecule has 0 unspecified atom stereocenters. The Labute approximate surface area is 162 Å². The summed E-state index contributed by atoms with van der Waals surface area (Å²) in [4.78, 5) is 19.1. The molecule has 0 spiro atoms. The van der Waals surface area contributed by atoms with Crippen LogP contribution in [0.1, 0.15) is 22.4 Å². The first-order valence-electron chi connectivity index (χ1n) is 9.17. The van der Waals surface area contributed by atoms with Gasteiger partial charge in [-0.1, -0.05) is 0 Å². The lowest BCUT2D eigenvalue weighted by Gasteiger charge is -2.10. The van der Waals surface area contributed by atoms with Crippen molar-refractivity contribution in [2.45, 2.75) is 20.4 Å². The number of hydrogen-bond acceptors (Lipinski definition) is 6. The van der Waals surface area contributed by atoms with E-state index in [0.29, 0.717) is 18.0 Å². The molecule has 3 aliphatic heterocycles. The van der Waals surface area contributed by atoms with Gasteiger partial charge in [0.25, 0.3) is 0 Å². The van der Waals surface area contributed by atoms with Crippen LogP contribution in [0, 0.1) is 13.8 Å². The molecule has 1 aromatic carbocycles. The number of aromatic nitrogens is 4. The van der Waals surface area contributed by atoms with E-state index in [4.69, 9.17) is 19.7 Å². The molecule has 0 amide bonds. The Morgan fingerprint density at radius 1 is 1.00 bits per heavy atom. The summed E-state index contributed by atoms with van der Waals surface area (Å²) in [5, 5.41) is 4.12. The third kappa shape index (κ3) is 2.41. The summed E-state index contributed by atoms with van der Waals surface area (Å²) in [6.07, 6.45) is 5.70. The maximum absolute atomic E-state index is 5.45. The van der Waals surface area contributed by atoms with Crippen LogP contribution >= 0.6 is 0 Å². The van der Waals surface area contributed by atoms with E-state index in [-0.39, 0.29) is 0 Å². The molecule has 2 aromatic rings. The second-order valence-electron chi connectivity index (χ2n) is 6.87. The average molecular weight is 369 g/mol. The van der Waals surface area contributed by atoms with Gasteiger partial charge in [-0.05, 0) is 61.5 Å². The summed E-state index contributed by atoms with van der Waals surface area (Å²) < 4.78 is 5.45. The van der Waals surface area contributed by atoms with E-state index >= 15 is 0 Å². The van der Waals surface area contributed by atoms with Gasteiger partial charge in [0.05, 0.1) is 19.3 Å². The van der Waals surface area contributed by atoms with E-state index in [0.717, 1.165) is 50.5 Å². The van der Waals surface area contributed by atoms with Crippen molar-refractivity contribution in [1.82, 2.24) is 25.3 Å². The van der Waals surface area contributed by atoms with E-state index in [9.17, 15) is 0 Å². The van der Waals surface area contributed by atoms with Gasteiger partial charge in [0, 0.05) is 22.7 Å². The molecule has 28 heavy (non-hydrogen) atoms. The number of pyridine rings is 1. The number of fused-ring (bicyclic) bond motifs is 5. The van der Waals surface area contributed by atoms with Crippen LogP contribution in [0.4, 0.5) is 0 Å². The molecule has 1 N–H and O–H groups in total. The van der Waals surface area contributed by atoms with Gasteiger partial charge in [0.1, 0.15) is 17.1 Å². The molecule has 138 valence electrons. The Kier molecular flexibility index (Phi) is 3.72. The topological polar surface area (TPSA) is 72.8 Å². The van der Waals surface area contributed by atoms with Gasteiger partial charge in [0.2, 0.25) is 0 Å². The van der Waals surface area contributed by atoms with E-state index in [2.05, 4.69) is 24.1 Å². The first kappa shape index (κ1) is 16.6. The van der Waals surface area contributed by atoms with Crippen molar-refractivity contribution < 1.29 is 4.74 Å². The van der Waals surface area contributed by atoms with Gasteiger partial charge in [-0.3, -0.25) is 0 Å². The maximum atomic E-state index is 5.45. The van der Waals surface area contributed by atoms with Gasteiger partial charge in [-0.15, -0.1) is 0 Å². The summed E-state index contributed by atoms with van der Waals surface area (Å²) in [6.45, 7) is 4.78. The number of nitrogens with zero attached hydrogens (tertiary/aromatic N) is 4. The van der Waals surface area contributed by atoms with Gasteiger partial charge in [-0.25, -0.2) is 19.9 Å². The molecule has 0 saturated heterocycles. The van der Waals surface area contributed by atoms with E-state index in [1.165, 1.54) is 0 Å². The standard InChI is InChI=1S/C22H19N5O/c1-12-13(2)18(28-3)7-6-14(12)22-26-19-15-8-10-23-11-17(15)25-21-16(20(19)27-22)5-4-9-24-21/h4-10,23H,11H2,1-3H3. The normalized spacial score (nSPS) is 12.8. The quantitative estimate of drug-likeness (QED) is 0.578. The van der Waals surface area contributed by atoms with E-state index in [1.807, 2.05) is 36.5 Å². The second kappa shape index (κ2) is 6.27. The zero-order valence-corrected chi connectivity index (χ0v) is 15.9. The lowest BCUT2D eigenvalue weighted by molar-refractivity contribution is 0.411. The second-order valence-corrected chi connectivity index (χ2v) is 6.87. The van der Waals surface area contributed by atoms with E-state index in [1.54, 1.807) is 13.3 Å². The summed E-state index contributed by atoms with van der Waals surface area (Å²) in [5.41, 5.74) is 7.50. The van der Waals surface area contributed by atoms with Crippen molar-refractivity contribution in [1.29, 1.82) is 0 Å². The molecule has 0 atom stereocenters.